The van der Waals surface area contributed by atoms with Crippen LogP contribution >= 0.6 is 0 Å². The molecule has 1 aromatic carbocycles. The molecule has 0 radical (unpaired) electrons. The molecule has 2 rings (SSSR count). The Kier molecular flexibility index (Phi) is 3.76. The highest BCUT2D eigenvalue weighted by molar-refractivity contribution is 7.92. The average molecular weight is 310 g/mol. The van der Waals surface area contributed by atoms with E-state index in [1.54, 1.807) is 0 Å². The molecule has 0 saturated carbocycles. The van der Waals surface area contributed by atoms with Crippen molar-refractivity contribution in [3.8, 4) is 0 Å². The number of anilines is 1. The molecule has 8 nitrogen and oxygen atoms in total. The number of carbonyl (C=O) groups excluding carboxylic acids is 1. The Hall–Kier alpha value is -2.68. The molecule has 0 atom stereocenters. The van der Waals surface area contributed by atoms with Gasteiger partial charge in [-0.1, -0.05) is 0 Å². The predicted molar refractivity (Wildman–Crippen MR) is 73.7 cm³/mol. The monoisotopic (exact) mass is 310 g/mol. The first-order valence-electron chi connectivity index (χ1n) is 5.63. The fourth-order valence-corrected chi connectivity index (χ4v) is 2.16. The fourth-order valence-electron chi connectivity index (χ4n) is 1.59. The van der Waals surface area contributed by atoms with E-state index in [-0.39, 0.29) is 11.3 Å². The van der Waals surface area contributed by atoms with Crippen molar-refractivity contribution in [3.63, 3.8) is 0 Å². The number of carbonyl (C=O) groups is 1. The number of nitrogens with zero attached hydrogens (tertiary/aromatic N) is 1. The third-order valence-electron chi connectivity index (χ3n) is 2.45. The summed E-state index contributed by atoms with van der Waals surface area (Å²) >= 11 is 0. The van der Waals surface area contributed by atoms with Gasteiger partial charge in [-0.3, -0.25) is 19.6 Å². The van der Waals surface area contributed by atoms with E-state index in [0.717, 1.165) is 12.3 Å². The second-order valence-corrected chi connectivity index (χ2v) is 5.92. The standard InChI is InChI=1S/C12H10N2O6S/c1-21(18,19)13-9-4-2-8(3-5-9)12(15)10-6-7-11(20-10)14(16)17/h2-7,13H,1H3. The zero-order valence-corrected chi connectivity index (χ0v) is 11.6. The van der Waals surface area contributed by atoms with Crippen molar-refractivity contribution in [1.82, 2.24) is 0 Å². The Labute approximate surface area is 119 Å². The SMILES string of the molecule is CS(=O)(=O)Nc1ccc(C(=O)c2ccc([N+](=O)[O-])o2)cc1. The molecular weight excluding hydrogens is 300 g/mol. The number of sulfonamides is 1. The Morgan fingerprint density at radius 1 is 1.19 bits per heavy atom. The maximum absolute atomic E-state index is 12.0. The van der Waals surface area contributed by atoms with Crippen LogP contribution in [0.3, 0.4) is 0 Å². The number of nitrogens with one attached hydrogen (secondary N) is 1. The van der Waals surface area contributed by atoms with Crippen molar-refractivity contribution in [3.05, 3.63) is 57.8 Å². The smallest absolute Gasteiger partial charge is 0.397 e. The van der Waals surface area contributed by atoms with Gasteiger partial charge in [0.1, 0.15) is 4.92 Å². The third kappa shape index (κ3) is 3.66. The molecule has 0 saturated heterocycles. The van der Waals surface area contributed by atoms with E-state index in [2.05, 4.69) is 4.72 Å². The second kappa shape index (κ2) is 5.37. The molecule has 0 amide bonds. The molecule has 0 aliphatic heterocycles. The molecule has 1 aromatic heterocycles. The van der Waals surface area contributed by atoms with Gasteiger partial charge in [0.05, 0.1) is 12.3 Å². The van der Waals surface area contributed by atoms with Crippen molar-refractivity contribution in [1.29, 1.82) is 0 Å². The van der Waals surface area contributed by atoms with E-state index < -0.39 is 26.6 Å². The minimum Gasteiger partial charge on any atom is -0.397 e. The highest BCUT2D eigenvalue weighted by Crippen LogP contribution is 2.20. The van der Waals surface area contributed by atoms with Crippen molar-refractivity contribution < 1.29 is 22.6 Å². The number of hydrogen-bond acceptors (Lipinski definition) is 6. The zero-order valence-electron chi connectivity index (χ0n) is 10.8. The van der Waals surface area contributed by atoms with Gasteiger partial charge in [0.25, 0.3) is 0 Å². The number of hydrogen-bond donors (Lipinski definition) is 1. The van der Waals surface area contributed by atoms with Crippen molar-refractivity contribution in [2.24, 2.45) is 0 Å². The van der Waals surface area contributed by atoms with Crippen LogP contribution in [0.1, 0.15) is 16.1 Å². The van der Waals surface area contributed by atoms with Gasteiger partial charge in [-0.05, 0) is 30.3 Å². The largest absolute Gasteiger partial charge is 0.433 e. The molecule has 21 heavy (non-hydrogen) atoms. The van der Waals surface area contributed by atoms with Gasteiger partial charge in [-0.25, -0.2) is 8.42 Å². The molecule has 0 spiro atoms. The van der Waals surface area contributed by atoms with Crippen LogP contribution in [0.2, 0.25) is 0 Å². The highest BCUT2D eigenvalue weighted by Gasteiger charge is 2.18. The van der Waals surface area contributed by atoms with Crippen LogP contribution in [0.25, 0.3) is 0 Å². The van der Waals surface area contributed by atoms with E-state index in [1.807, 2.05) is 0 Å². The Morgan fingerprint density at radius 2 is 1.81 bits per heavy atom. The summed E-state index contributed by atoms with van der Waals surface area (Å²) in [5.41, 5.74) is 0.526. The van der Waals surface area contributed by atoms with E-state index in [0.29, 0.717) is 5.69 Å². The van der Waals surface area contributed by atoms with E-state index >= 15 is 0 Å². The summed E-state index contributed by atoms with van der Waals surface area (Å²) in [5.74, 6) is -1.21. The van der Waals surface area contributed by atoms with Crippen molar-refractivity contribution in [2.45, 2.75) is 0 Å². The van der Waals surface area contributed by atoms with Gasteiger partial charge in [-0.15, -0.1) is 0 Å². The lowest BCUT2D eigenvalue weighted by molar-refractivity contribution is -0.402. The van der Waals surface area contributed by atoms with Gasteiger partial charge in [-0.2, -0.15) is 0 Å². The predicted octanol–water partition coefficient (Wildman–Crippen LogP) is 1.79. The van der Waals surface area contributed by atoms with Gasteiger partial charge in [0.15, 0.2) is 5.76 Å². The minimum absolute atomic E-state index is 0.162. The quantitative estimate of drug-likeness (QED) is 0.510. The average Bonchev–Trinajstić information content (AvgIpc) is 2.86. The zero-order chi connectivity index (χ0) is 15.6. The summed E-state index contributed by atoms with van der Waals surface area (Å²) in [5, 5.41) is 10.5. The Morgan fingerprint density at radius 3 is 2.29 bits per heavy atom. The van der Waals surface area contributed by atoms with Crippen LogP contribution in [0.5, 0.6) is 0 Å². The molecule has 1 N–H and O–H groups in total. The number of furan rings is 1. The third-order valence-corrected chi connectivity index (χ3v) is 3.05. The van der Waals surface area contributed by atoms with Crippen LogP contribution in [0.4, 0.5) is 11.6 Å². The maximum Gasteiger partial charge on any atom is 0.433 e. The summed E-state index contributed by atoms with van der Waals surface area (Å²) in [4.78, 5) is 21.8. The first-order valence-corrected chi connectivity index (χ1v) is 7.52. The number of benzene rings is 1. The number of nitro groups is 1. The normalized spacial score (nSPS) is 11.1. The molecular formula is C12H10N2O6S. The van der Waals surface area contributed by atoms with Crippen molar-refractivity contribution >= 4 is 27.4 Å². The highest BCUT2D eigenvalue weighted by atomic mass is 32.2. The number of ketones is 1. The van der Waals surface area contributed by atoms with E-state index in [9.17, 15) is 23.3 Å². The van der Waals surface area contributed by atoms with E-state index in [4.69, 9.17) is 4.42 Å². The van der Waals surface area contributed by atoms with Crippen LogP contribution < -0.4 is 4.72 Å². The summed E-state index contributed by atoms with van der Waals surface area (Å²) in [6.07, 6.45) is 1.01. The number of rotatable bonds is 5. The van der Waals surface area contributed by atoms with Crippen LogP contribution in [-0.2, 0) is 10.0 Å². The maximum atomic E-state index is 12.0. The van der Waals surface area contributed by atoms with E-state index in [1.165, 1.54) is 30.3 Å². The summed E-state index contributed by atoms with van der Waals surface area (Å²) in [7, 11) is -3.40. The molecule has 1 heterocycles. The minimum atomic E-state index is -3.40. The Bertz CT molecular complexity index is 791. The lowest BCUT2D eigenvalue weighted by atomic mass is 10.1. The van der Waals surface area contributed by atoms with Crippen LogP contribution in [0.15, 0.2) is 40.8 Å². The summed E-state index contributed by atoms with van der Waals surface area (Å²) in [6, 6.07) is 7.90. The van der Waals surface area contributed by atoms with Gasteiger partial charge >= 0.3 is 5.88 Å². The molecule has 0 aliphatic rings. The molecule has 9 heteroatoms. The second-order valence-electron chi connectivity index (χ2n) is 4.18. The molecule has 0 fully saturated rings. The first-order chi connectivity index (χ1) is 9.76. The van der Waals surface area contributed by atoms with Gasteiger partial charge in [0, 0.05) is 11.3 Å². The first kappa shape index (κ1) is 14.7. The van der Waals surface area contributed by atoms with Crippen LogP contribution in [0, 0.1) is 10.1 Å². The van der Waals surface area contributed by atoms with Gasteiger partial charge < -0.3 is 4.42 Å². The summed E-state index contributed by atoms with van der Waals surface area (Å²) in [6.45, 7) is 0. The topological polar surface area (TPSA) is 120 Å². The molecule has 0 unspecified atom stereocenters. The molecule has 2 aromatic rings. The molecule has 110 valence electrons. The molecule has 0 bridgehead atoms. The lowest BCUT2D eigenvalue weighted by Gasteiger charge is -2.04. The summed E-state index contributed by atoms with van der Waals surface area (Å²) < 4.78 is 29.2. The molecule has 0 aliphatic carbocycles. The van der Waals surface area contributed by atoms with Gasteiger partial charge in [0.2, 0.25) is 15.8 Å². The van der Waals surface area contributed by atoms with Crippen LogP contribution in [-0.4, -0.2) is 25.4 Å². The lowest BCUT2D eigenvalue weighted by Crippen LogP contribution is -2.09. The van der Waals surface area contributed by atoms with Crippen molar-refractivity contribution in [2.75, 3.05) is 11.0 Å². The Balaban J connectivity index is 2.21. The fraction of sp³-hybridized carbons (Fsp3) is 0.0833.